The van der Waals surface area contributed by atoms with Gasteiger partial charge in [-0.25, -0.2) is 8.42 Å². The van der Waals surface area contributed by atoms with Crippen molar-refractivity contribution >= 4 is 15.5 Å². The van der Waals surface area contributed by atoms with Gasteiger partial charge in [0.1, 0.15) is 0 Å². The highest BCUT2D eigenvalue weighted by Gasteiger charge is 2.16. The van der Waals surface area contributed by atoms with E-state index in [0.29, 0.717) is 10.6 Å². The molecule has 1 N–H and O–H groups in total. The molecule has 1 aromatic heterocycles. The van der Waals surface area contributed by atoms with E-state index in [4.69, 9.17) is 0 Å². The van der Waals surface area contributed by atoms with Gasteiger partial charge in [-0.3, -0.25) is 4.68 Å². The second kappa shape index (κ2) is 5.28. The molecule has 0 amide bonds. The van der Waals surface area contributed by atoms with Crippen LogP contribution in [0.15, 0.2) is 35.4 Å². The van der Waals surface area contributed by atoms with Crippen LogP contribution in [0.2, 0.25) is 0 Å². The Hall–Kier alpha value is -1.82. The average Bonchev–Trinajstić information content (AvgIpc) is 2.68. The summed E-state index contributed by atoms with van der Waals surface area (Å²) in [6.45, 7) is 3.93. The third kappa shape index (κ3) is 3.01. The van der Waals surface area contributed by atoms with Crippen molar-refractivity contribution in [1.29, 1.82) is 0 Å². The number of benzene rings is 1. The number of nitrogens with zero attached hydrogens (tertiary/aromatic N) is 2. The molecule has 1 unspecified atom stereocenters. The number of sulfone groups is 1. The molecule has 0 aliphatic carbocycles. The fourth-order valence-electron chi connectivity index (χ4n) is 2.26. The van der Waals surface area contributed by atoms with Gasteiger partial charge < -0.3 is 5.32 Å². The predicted molar refractivity (Wildman–Crippen MR) is 79.5 cm³/mol. The molecule has 6 heteroatoms. The third-order valence-corrected chi connectivity index (χ3v) is 4.33. The summed E-state index contributed by atoms with van der Waals surface area (Å²) < 4.78 is 25.3. The monoisotopic (exact) mass is 293 g/mol. The Morgan fingerprint density at radius 2 is 1.95 bits per heavy atom. The molecule has 0 bridgehead atoms. The highest BCUT2D eigenvalue weighted by Crippen LogP contribution is 2.26. The van der Waals surface area contributed by atoms with Crippen molar-refractivity contribution in [3.05, 3.63) is 41.7 Å². The molecule has 108 valence electrons. The molecule has 5 nitrogen and oxygen atoms in total. The SMILES string of the molecule is Cc1nn(C)cc1C(C)Nc1ccccc1S(C)(=O)=O. The van der Waals surface area contributed by atoms with Crippen LogP contribution in [0.1, 0.15) is 24.2 Å². The van der Waals surface area contributed by atoms with E-state index in [0.717, 1.165) is 11.3 Å². The van der Waals surface area contributed by atoms with Crippen molar-refractivity contribution in [2.24, 2.45) is 7.05 Å². The largest absolute Gasteiger partial charge is 0.377 e. The molecule has 1 atom stereocenters. The van der Waals surface area contributed by atoms with Gasteiger partial charge in [0, 0.05) is 25.1 Å². The van der Waals surface area contributed by atoms with E-state index in [1.54, 1.807) is 22.9 Å². The molecular weight excluding hydrogens is 274 g/mol. The Balaban J connectivity index is 2.34. The van der Waals surface area contributed by atoms with E-state index in [2.05, 4.69) is 10.4 Å². The summed E-state index contributed by atoms with van der Waals surface area (Å²) in [5, 5.41) is 7.56. The van der Waals surface area contributed by atoms with Crippen LogP contribution >= 0.6 is 0 Å². The van der Waals surface area contributed by atoms with Gasteiger partial charge in [-0.2, -0.15) is 5.10 Å². The van der Waals surface area contributed by atoms with Crippen molar-refractivity contribution in [2.75, 3.05) is 11.6 Å². The molecule has 20 heavy (non-hydrogen) atoms. The highest BCUT2D eigenvalue weighted by atomic mass is 32.2. The number of aryl methyl sites for hydroxylation is 2. The van der Waals surface area contributed by atoms with Crippen molar-refractivity contribution in [2.45, 2.75) is 24.8 Å². The first-order valence-electron chi connectivity index (χ1n) is 6.35. The van der Waals surface area contributed by atoms with Crippen molar-refractivity contribution in [1.82, 2.24) is 9.78 Å². The molecule has 2 aromatic rings. The Bertz CT molecular complexity index is 720. The molecule has 0 radical (unpaired) electrons. The zero-order valence-electron chi connectivity index (χ0n) is 12.1. The van der Waals surface area contributed by atoms with Crippen LogP contribution in [0.25, 0.3) is 0 Å². The zero-order chi connectivity index (χ0) is 14.9. The van der Waals surface area contributed by atoms with Crippen LogP contribution in [-0.4, -0.2) is 24.5 Å². The second-order valence-electron chi connectivity index (χ2n) is 4.98. The molecule has 0 saturated heterocycles. The van der Waals surface area contributed by atoms with Crippen LogP contribution in [-0.2, 0) is 16.9 Å². The maximum absolute atomic E-state index is 11.8. The standard InChI is InChI=1S/C14H19N3O2S/c1-10(12-9-17(3)16-11(12)2)15-13-7-5-6-8-14(13)20(4,18)19/h5-10,15H,1-4H3. The molecule has 1 heterocycles. The van der Waals surface area contributed by atoms with E-state index in [1.165, 1.54) is 6.26 Å². The van der Waals surface area contributed by atoms with E-state index in [-0.39, 0.29) is 6.04 Å². The van der Waals surface area contributed by atoms with E-state index in [9.17, 15) is 8.42 Å². The lowest BCUT2D eigenvalue weighted by Crippen LogP contribution is -2.10. The Labute approximate surface area is 119 Å². The normalized spacial score (nSPS) is 13.2. The first-order valence-corrected chi connectivity index (χ1v) is 8.24. The number of hydrogen-bond acceptors (Lipinski definition) is 4. The van der Waals surface area contributed by atoms with E-state index in [1.807, 2.05) is 33.2 Å². The minimum absolute atomic E-state index is 0.0217. The van der Waals surface area contributed by atoms with E-state index < -0.39 is 9.84 Å². The minimum Gasteiger partial charge on any atom is -0.377 e. The van der Waals surface area contributed by atoms with Crippen molar-refractivity contribution in [3.8, 4) is 0 Å². The van der Waals surface area contributed by atoms with Gasteiger partial charge in [-0.15, -0.1) is 0 Å². The fourth-order valence-corrected chi connectivity index (χ4v) is 3.12. The van der Waals surface area contributed by atoms with Crippen molar-refractivity contribution in [3.63, 3.8) is 0 Å². The minimum atomic E-state index is -3.25. The molecule has 0 spiro atoms. The molecule has 0 fully saturated rings. The summed E-state index contributed by atoms with van der Waals surface area (Å²) >= 11 is 0. The van der Waals surface area contributed by atoms with Crippen molar-refractivity contribution < 1.29 is 8.42 Å². The van der Waals surface area contributed by atoms with Gasteiger partial charge in [0.15, 0.2) is 9.84 Å². The quantitative estimate of drug-likeness (QED) is 0.939. The van der Waals surface area contributed by atoms with Crippen LogP contribution in [0, 0.1) is 6.92 Å². The van der Waals surface area contributed by atoms with Gasteiger partial charge in [-0.05, 0) is 26.0 Å². The summed E-state index contributed by atoms with van der Waals surface area (Å²) in [7, 11) is -1.38. The fraction of sp³-hybridized carbons (Fsp3) is 0.357. The molecule has 0 saturated carbocycles. The molecule has 0 aliphatic heterocycles. The number of hydrogen-bond donors (Lipinski definition) is 1. The van der Waals surface area contributed by atoms with E-state index >= 15 is 0 Å². The van der Waals surface area contributed by atoms with Gasteiger partial charge in [-0.1, -0.05) is 12.1 Å². The molecule has 2 rings (SSSR count). The first-order chi connectivity index (χ1) is 9.29. The van der Waals surface area contributed by atoms with Crippen LogP contribution < -0.4 is 5.32 Å². The summed E-state index contributed by atoms with van der Waals surface area (Å²) in [5.74, 6) is 0. The number of rotatable bonds is 4. The Kier molecular flexibility index (Phi) is 3.85. The number of anilines is 1. The summed E-state index contributed by atoms with van der Waals surface area (Å²) in [5.41, 5.74) is 2.60. The third-order valence-electron chi connectivity index (χ3n) is 3.18. The second-order valence-corrected chi connectivity index (χ2v) is 6.96. The summed E-state index contributed by atoms with van der Waals surface area (Å²) in [6, 6.07) is 6.91. The Morgan fingerprint density at radius 3 is 2.50 bits per heavy atom. The lowest BCUT2D eigenvalue weighted by molar-refractivity contribution is 0.602. The zero-order valence-corrected chi connectivity index (χ0v) is 12.9. The Morgan fingerprint density at radius 1 is 1.30 bits per heavy atom. The maximum Gasteiger partial charge on any atom is 0.177 e. The van der Waals surface area contributed by atoms with Gasteiger partial charge in [0.05, 0.1) is 22.3 Å². The lowest BCUT2D eigenvalue weighted by atomic mass is 10.1. The predicted octanol–water partition coefficient (Wildman–Crippen LogP) is 2.31. The smallest absolute Gasteiger partial charge is 0.177 e. The van der Waals surface area contributed by atoms with Crippen LogP contribution in [0.4, 0.5) is 5.69 Å². The highest BCUT2D eigenvalue weighted by molar-refractivity contribution is 7.90. The molecule has 0 aliphatic rings. The molecule has 1 aromatic carbocycles. The number of aromatic nitrogens is 2. The van der Waals surface area contributed by atoms with Crippen LogP contribution in [0.3, 0.4) is 0 Å². The summed E-state index contributed by atoms with van der Waals surface area (Å²) in [6.07, 6.45) is 3.16. The molecular formula is C14H19N3O2S. The lowest BCUT2D eigenvalue weighted by Gasteiger charge is -2.17. The van der Waals surface area contributed by atoms with Crippen LogP contribution in [0.5, 0.6) is 0 Å². The van der Waals surface area contributed by atoms with Gasteiger partial charge in [0.25, 0.3) is 0 Å². The van der Waals surface area contributed by atoms with Gasteiger partial charge in [0.2, 0.25) is 0 Å². The number of nitrogens with one attached hydrogen (secondary N) is 1. The topological polar surface area (TPSA) is 64.0 Å². The average molecular weight is 293 g/mol. The number of para-hydroxylation sites is 1. The summed E-state index contributed by atoms with van der Waals surface area (Å²) in [4.78, 5) is 0.313. The first kappa shape index (κ1) is 14.6. The van der Waals surface area contributed by atoms with Gasteiger partial charge >= 0.3 is 0 Å². The maximum atomic E-state index is 11.8.